The van der Waals surface area contributed by atoms with Gasteiger partial charge in [-0.2, -0.15) is 0 Å². The Morgan fingerprint density at radius 3 is 2.25 bits per heavy atom. The molecule has 0 atom stereocenters. The number of Topliss-reactive ketones (excluding diaryl/α,β-unsaturated/α-hetero) is 1. The van der Waals surface area contributed by atoms with Crippen molar-refractivity contribution in [1.29, 1.82) is 0 Å². The fraction of sp³-hybridized carbons (Fsp3) is 0.833. The largest absolute Gasteiger partial charge is 0.370 e. The second-order valence-electron chi connectivity index (χ2n) is 5.13. The van der Waals surface area contributed by atoms with Crippen molar-refractivity contribution >= 4 is 11.7 Å². The molecule has 0 unspecified atom stereocenters. The number of carbonyl (C=O) groups is 2. The number of rotatable bonds is 5. The third kappa shape index (κ3) is 3.30. The van der Waals surface area contributed by atoms with Gasteiger partial charge >= 0.3 is 0 Å². The van der Waals surface area contributed by atoms with Crippen LogP contribution in [0.5, 0.6) is 0 Å². The summed E-state index contributed by atoms with van der Waals surface area (Å²) in [6.45, 7) is 2.50. The van der Waals surface area contributed by atoms with Gasteiger partial charge in [-0.3, -0.25) is 14.5 Å². The van der Waals surface area contributed by atoms with Gasteiger partial charge in [-0.05, 0) is 44.7 Å². The van der Waals surface area contributed by atoms with Gasteiger partial charge in [0.15, 0.2) is 0 Å². The molecule has 90 valence electrons. The zero-order valence-corrected chi connectivity index (χ0v) is 9.65. The van der Waals surface area contributed by atoms with E-state index in [0.29, 0.717) is 30.6 Å². The molecule has 0 bridgehead atoms. The van der Waals surface area contributed by atoms with Crippen LogP contribution in [0.15, 0.2) is 0 Å². The predicted molar refractivity (Wildman–Crippen MR) is 60.7 cm³/mol. The Kier molecular flexibility index (Phi) is 3.59. The number of hydrogen-bond donors (Lipinski definition) is 1. The second-order valence-corrected chi connectivity index (χ2v) is 5.13. The monoisotopic (exact) mass is 224 g/mol. The van der Waals surface area contributed by atoms with Gasteiger partial charge < -0.3 is 5.73 Å². The third-order valence-corrected chi connectivity index (χ3v) is 3.61. The van der Waals surface area contributed by atoms with E-state index < -0.39 is 0 Å². The van der Waals surface area contributed by atoms with Crippen molar-refractivity contribution in [3.8, 4) is 0 Å². The summed E-state index contributed by atoms with van der Waals surface area (Å²) in [5.74, 6) is 1.01. The normalized spacial score (nSPS) is 23.2. The summed E-state index contributed by atoms with van der Waals surface area (Å²) < 4.78 is 0. The second kappa shape index (κ2) is 4.95. The van der Waals surface area contributed by atoms with Crippen molar-refractivity contribution in [2.24, 2.45) is 17.6 Å². The summed E-state index contributed by atoms with van der Waals surface area (Å²) in [6.07, 6.45) is 4.69. The molecule has 0 aromatic carbocycles. The highest BCUT2D eigenvalue weighted by Gasteiger charge is 2.31. The lowest BCUT2D eigenvalue weighted by Gasteiger charge is -2.30. The molecule has 0 spiro atoms. The highest BCUT2D eigenvalue weighted by atomic mass is 16.1. The molecule has 4 nitrogen and oxygen atoms in total. The van der Waals surface area contributed by atoms with Crippen molar-refractivity contribution < 1.29 is 9.59 Å². The van der Waals surface area contributed by atoms with Gasteiger partial charge in [0.05, 0.1) is 6.54 Å². The molecule has 1 heterocycles. The number of amides is 1. The minimum Gasteiger partial charge on any atom is -0.370 e. The van der Waals surface area contributed by atoms with Gasteiger partial charge in [0.25, 0.3) is 0 Å². The first-order valence-electron chi connectivity index (χ1n) is 6.18. The summed E-state index contributed by atoms with van der Waals surface area (Å²) in [6, 6.07) is 0. The van der Waals surface area contributed by atoms with Crippen LogP contribution in [-0.2, 0) is 9.59 Å². The SMILES string of the molecule is NC(=O)CC1CCN(CC(=O)C2CC2)CC1. The maximum Gasteiger partial charge on any atom is 0.217 e. The van der Waals surface area contributed by atoms with E-state index in [1.807, 2.05) is 0 Å². The van der Waals surface area contributed by atoms with E-state index in [1.54, 1.807) is 0 Å². The molecule has 1 saturated carbocycles. The number of likely N-dealkylation sites (tertiary alicyclic amines) is 1. The number of piperidine rings is 1. The first kappa shape index (κ1) is 11.6. The van der Waals surface area contributed by atoms with E-state index in [-0.39, 0.29) is 5.91 Å². The van der Waals surface area contributed by atoms with Gasteiger partial charge in [-0.15, -0.1) is 0 Å². The van der Waals surface area contributed by atoms with Crippen LogP contribution in [0.4, 0.5) is 0 Å². The summed E-state index contributed by atoms with van der Waals surface area (Å²) in [5.41, 5.74) is 5.18. The van der Waals surface area contributed by atoms with Crippen LogP contribution in [0.2, 0.25) is 0 Å². The van der Waals surface area contributed by atoms with Crippen LogP contribution in [0.1, 0.15) is 32.1 Å². The third-order valence-electron chi connectivity index (χ3n) is 3.61. The standard InChI is InChI=1S/C12H20N2O2/c13-12(16)7-9-3-5-14(6-4-9)8-11(15)10-1-2-10/h9-10H,1-8H2,(H2,13,16). The Morgan fingerprint density at radius 1 is 1.12 bits per heavy atom. The summed E-state index contributed by atoms with van der Waals surface area (Å²) in [5, 5.41) is 0. The molecule has 2 N–H and O–H groups in total. The summed E-state index contributed by atoms with van der Waals surface area (Å²) in [4.78, 5) is 24.6. The maximum atomic E-state index is 11.6. The van der Waals surface area contributed by atoms with Crippen molar-refractivity contribution in [1.82, 2.24) is 4.90 Å². The quantitative estimate of drug-likeness (QED) is 0.742. The van der Waals surface area contributed by atoms with Gasteiger partial charge in [0.2, 0.25) is 5.91 Å². The predicted octanol–water partition coefficient (Wildman–Crippen LogP) is 0.553. The molecule has 1 saturated heterocycles. The van der Waals surface area contributed by atoms with Crippen LogP contribution in [0.25, 0.3) is 0 Å². The Bertz CT molecular complexity index is 279. The van der Waals surface area contributed by atoms with E-state index in [1.165, 1.54) is 0 Å². The number of primary amides is 1. The molecule has 1 aliphatic heterocycles. The highest BCUT2D eigenvalue weighted by Crippen LogP contribution is 2.30. The van der Waals surface area contributed by atoms with Gasteiger partial charge in [-0.25, -0.2) is 0 Å². The number of ketones is 1. The Balaban J connectivity index is 1.68. The number of hydrogen-bond acceptors (Lipinski definition) is 3. The molecule has 0 aromatic rings. The lowest BCUT2D eigenvalue weighted by molar-refractivity contribution is -0.122. The van der Waals surface area contributed by atoms with E-state index in [0.717, 1.165) is 38.8 Å². The van der Waals surface area contributed by atoms with Crippen LogP contribution in [0, 0.1) is 11.8 Å². The van der Waals surface area contributed by atoms with Gasteiger partial charge in [0, 0.05) is 12.3 Å². The van der Waals surface area contributed by atoms with E-state index >= 15 is 0 Å². The molecule has 2 rings (SSSR count). The van der Waals surface area contributed by atoms with Crippen LogP contribution in [-0.4, -0.2) is 36.2 Å². The first-order chi connectivity index (χ1) is 7.65. The Labute approximate surface area is 96.2 Å². The summed E-state index contributed by atoms with van der Waals surface area (Å²) in [7, 11) is 0. The van der Waals surface area contributed by atoms with Crippen LogP contribution >= 0.6 is 0 Å². The molecular formula is C12H20N2O2. The van der Waals surface area contributed by atoms with Crippen molar-refractivity contribution in [3.05, 3.63) is 0 Å². The van der Waals surface area contributed by atoms with Gasteiger partial charge in [0.1, 0.15) is 5.78 Å². The van der Waals surface area contributed by atoms with E-state index in [4.69, 9.17) is 5.73 Å². The zero-order chi connectivity index (χ0) is 11.5. The van der Waals surface area contributed by atoms with E-state index in [2.05, 4.69) is 4.90 Å². The minimum atomic E-state index is -0.201. The topological polar surface area (TPSA) is 63.4 Å². The van der Waals surface area contributed by atoms with Crippen molar-refractivity contribution in [2.45, 2.75) is 32.1 Å². The lowest BCUT2D eigenvalue weighted by atomic mass is 9.93. The number of nitrogens with zero attached hydrogens (tertiary/aromatic N) is 1. The van der Waals surface area contributed by atoms with Crippen LogP contribution in [0.3, 0.4) is 0 Å². The molecule has 1 amide bonds. The number of carbonyl (C=O) groups excluding carboxylic acids is 2. The summed E-state index contributed by atoms with van der Waals surface area (Å²) >= 11 is 0. The fourth-order valence-electron chi connectivity index (χ4n) is 2.39. The first-order valence-corrected chi connectivity index (χ1v) is 6.18. The number of nitrogens with two attached hydrogens (primary N) is 1. The molecule has 0 aromatic heterocycles. The average molecular weight is 224 g/mol. The molecule has 2 fully saturated rings. The lowest BCUT2D eigenvalue weighted by Crippen LogP contribution is -2.38. The highest BCUT2D eigenvalue weighted by molar-refractivity contribution is 5.85. The Morgan fingerprint density at radius 2 is 1.75 bits per heavy atom. The van der Waals surface area contributed by atoms with Gasteiger partial charge in [-0.1, -0.05) is 0 Å². The molecule has 0 radical (unpaired) electrons. The maximum absolute atomic E-state index is 11.6. The zero-order valence-electron chi connectivity index (χ0n) is 9.65. The molecular weight excluding hydrogens is 204 g/mol. The molecule has 1 aliphatic carbocycles. The van der Waals surface area contributed by atoms with Crippen molar-refractivity contribution in [3.63, 3.8) is 0 Å². The molecule has 16 heavy (non-hydrogen) atoms. The smallest absolute Gasteiger partial charge is 0.217 e. The minimum absolute atomic E-state index is 0.201. The molecule has 2 aliphatic rings. The van der Waals surface area contributed by atoms with Crippen LogP contribution < -0.4 is 5.73 Å². The fourth-order valence-corrected chi connectivity index (χ4v) is 2.39. The Hall–Kier alpha value is -0.900. The average Bonchev–Trinajstić information content (AvgIpc) is 3.03. The van der Waals surface area contributed by atoms with Crippen molar-refractivity contribution in [2.75, 3.05) is 19.6 Å². The molecule has 4 heteroatoms. The van der Waals surface area contributed by atoms with E-state index in [9.17, 15) is 9.59 Å².